The lowest BCUT2D eigenvalue weighted by molar-refractivity contribution is 0.283. The van der Waals surface area contributed by atoms with E-state index in [1.54, 1.807) is 29.8 Å². The zero-order valence-corrected chi connectivity index (χ0v) is 14.0. The zero-order chi connectivity index (χ0) is 18.2. The van der Waals surface area contributed by atoms with Gasteiger partial charge in [0.05, 0.1) is 5.52 Å². The number of nitrogen functional groups attached to an aromatic ring is 1. The molecule has 3 aromatic rings. The van der Waals surface area contributed by atoms with Crippen molar-refractivity contribution in [2.24, 2.45) is 7.05 Å². The number of nitriles is 1. The maximum Gasteiger partial charge on any atom is 0.524 e. The molecule has 8 nitrogen and oxygen atoms in total. The van der Waals surface area contributed by atoms with Crippen LogP contribution in [0, 0.1) is 11.3 Å². The van der Waals surface area contributed by atoms with Gasteiger partial charge in [0.25, 0.3) is 0 Å². The fraction of sp³-hybridized carbons (Fsp3) is 0.0625. The SMILES string of the molecule is Cn1c(N)c(C#N)c2cc(Oc3ccc(OP(=O)(O)O)cc3)ccc21. The minimum absolute atomic E-state index is 0.0266. The molecule has 1 heterocycles. The summed E-state index contributed by atoms with van der Waals surface area (Å²) in [6.45, 7) is 0. The molecule has 0 fully saturated rings. The highest BCUT2D eigenvalue weighted by molar-refractivity contribution is 7.46. The summed E-state index contributed by atoms with van der Waals surface area (Å²) in [5.74, 6) is 1.35. The molecular formula is C16H14N3O5P. The van der Waals surface area contributed by atoms with Gasteiger partial charge >= 0.3 is 7.82 Å². The van der Waals surface area contributed by atoms with E-state index in [9.17, 15) is 9.83 Å². The number of hydrogen-bond donors (Lipinski definition) is 3. The van der Waals surface area contributed by atoms with E-state index in [0.29, 0.717) is 28.3 Å². The van der Waals surface area contributed by atoms with E-state index in [1.807, 2.05) is 0 Å². The summed E-state index contributed by atoms with van der Waals surface area (Å²) >= 11 is 0. The first kappa shape index (κ1) is 16.9. The molecule has 0 aliphatic carbocycles. The molecular weight excluding hydrogens is 345 g/mol. The summed E-state index contributed by atoms with van der Waals surface area (Å²) in [6, 6.07) is 13.1. The first-order valence-corrected chi connectivity index (χ1v) is 8.62. The Labute approximate surface area is 142 Å². The van der Waals surface area contributed by atoms with Crippen molar-refractivity contribution in [1.29, 1.82) is 5.26 Å². The van der Waals surface area contributed by atoms with Crippen molar-refractivity contribution in [2.75, 3.05) is 5.73 Å². The van der Waals surface area contributed by atoms with Gasteiger partial charge in [-0.25, -0.2) is 4.57 Å². The fourth-order valence-corrected chi connectivity index (χ4v) is 2.86. The average Bonchev–Trinajstić information content (AvgIpc) is 2.78. The largest absolute Gasteiger partial charge is 0.524 e. The molecule has 0 saturated heterocycles. The van der Waals surface area contributed by atoms with Crippen LogP contribution < -0.4 is 15.0 Å². The van der Waals surface area contributed by atoms with E-state index < -0.39 is 7.82 Å². The van der Waals surface area contributed by atoms with Gasteiger partial charge in [-0.05, 0) is 42.5 Å². The van der Waals surface area contributed by atoms with Gasteiger partial charge in [0.1, 0.15) is 34.7 Å². The van der Waals surface area contributed by atoms with Crippen molar-refractivity contribution in [2.45, 2.75) is 0 Å². The summed E-state index contributed by atoms with van der Waals surface area (Å²) in [7, 11) is -2.82. The van der Waals surface area contributed by atoms with Crippen molar-refractivity contribution in [3.63, 3.8) is 0 Å². The van der Waals surface area contributed by atoms with Crippen LogP contribution in [0.15, 0.2) is 42.5 Å². The van der Waals surface area contributed by atoms with Gasteiger partial charge < -0.3 is 19.6 Å². The third-order valence-electron chi connectivity index (χ3n) is 3.61. The number of phosphoric ester groups is 1. The Bertz CT molecular complexity index is 1030. The topological polar surface area (TPSA) is 131 Å². The van der Waals surface area contributed by atoms with Crippen molar-refractivity contribution >= 4 is 24.5 Å². The van der Waals surface area contributed by atoms with Gasteiger partial charge in [-0.1, -0.05) is 0 Å². The van der Waals surface area contributed by atoms with Crippen LogP contribution in [0.1, 0.15) is 5.56 Å². The van der Waals surface area contributed by atoms with Gasteiger partial charge in [0.2, 0.25) is 0 Å². The maximum atomic E-state index is 10.8. The second-order valence-corrected chi connectivity index (χ2v) is 6.43. The number of fused-ring (bicyclic) bond motifs is 1. The summed E-state index contributed by atoms with van der Waals surface area (Å²) in [5, 5.41) is 9.95. The maximum absolute atomic E-state index is 10.8. The summed E-state index contributed by atoms with van der Waals surface area (Å²) < 4.78 is 22.7. The highest BCUT2D eigenvalue weighted by atomic mass is 31.2. The van der Waals surface area contributed by atoms with E-state index in [2.05, 4.69) is 10.6 Å². The van der Waals surface area contributed by atoms with Crippen LogP contribution in [0.5, 0.6) is 17.2 Å². The van der Waals surface area contributed by atoms with Crippen LogP contribution in [0.25, 0.3) is 10.9 Å². The van der Waals surface area contributed by atoms with Crippen molar-refractivity contribution in [1.82, 2.24) is 4.57 Å². The highest BCUT2D eigenvalue weighted by Crippen LogP contribution is 2.38. The van der Waals surface area contributed by atoms with Crippen LogP contribution in [-0.2, 0) is 11.6 Å². The molecule has 25 heavy (non-hydrogen) atoms. The van der Waals surface area contributed by atoms with E-state index in [4.69, 9.17) is 20.3 Å². The summed E-state index contributed by atoms with van der Waals surface area (Å²) in [6.07, 6.45) is 0. The normalized spacial score (nSPS) is 11.3. The van der Waals surface area contributed by atoms with E-state index >= 15 is 0 Å². The van der Waals surface area contributed by atoms with Gasteiger partial charge in [0, 0.05) is 12.4 Å². The third-order valence-corrected chi connectivity index (χ3v) is 4.06. The highest BCUT2D eigenvalue weighted by Gasteiger charge is 2.16. The van der Waals surface area contributed by atoms with Crippen molar-refractivity contribution in [3.05, 3.63) is 48.0 Å². The van der Waals surface area contributed by atoms with E-state index in [1.165, 1.54) is 24.3 Å². The van der Waals surface area contributed by atoms with E-state index in [0.717, 1.165) is 5.52 Å². The van der Waals surface area contributed by atoms with Crippen LogP contribution >= 0.6 is 7.82 Å². The van der Waals surface area contributed by atoms with Gasteiger partial charge in [-0.15, -0.1) is 0 Å². The molecule has 2 aromatic carbocycles. The lowest BCUT2D eigenvalue weighted by atomic mass is 10.1. The Morgan fingerprint density at radius 2 is 1.72 bits per heavy atom. The van der Waals surface area contributed by atoms with Gasteiger partial charge in [-0.3, -0.25) is 9.79 Å². The van der Waals surface area contributed by atoms with Crippen LogP contribution in [0.2, 0.25) is 0 Å². The number of hydrogen-bond acceptors (Lipinski definition) is 5. The Kier molecular flexibility index (Phi) is 4.15. The predicted molar refractivity (Wildman–Crippen MR) is 91.2 cm³/mol. The van der Waals surface area contributed by atoms with Crippen LogP contribution in [-0.4, -0.2) is 14.4 Å². The Balaban J connectivity index is 1.88. The van der Waals surface area contributed by atoms with Crippen LogP contribution in [0.4, 0.5) is 5.82 Å². The molecule has 0 amide bonds. The molecule has 4 N–H and O–H groups in total. The Morgan fingerprint density at radius 3 is 2.32 bits per heavy atom. The zero-order valence-electron chi connectivity index (χ0n) is 13.1. The van der Waals surface area contributed by atoms with Crippen molar-refractivity contribution in [3.8, 4) is 23.3 Å². The lowest BCUT2D eigenvalue weighted by Gasteiger charge is -2.09. The molecule has 0 spiro atoms. The number of rotatable bonds is 4. The van der Waals surface area contributed by atoms with E-state index in [-0.39, 0.29) is 5.75 Å². The Morgan fingerprint density at radius 1 is 1.12 bits per heavy atom. The summed E-state index contributed by atoms with van der Waals surface area (Å²) in [4.78, 5) is 17.5. The minimum atomic E-state index is -4.59. The molecule has 0 aliphatic heterocycles. The Hall–Kier alpha value is -2.98. The van der Waals surface area contributed by atoms with Crippen molar-refractivity contribution < 1.29 is 23.6 Å². The smallest absolute Gasteiger partial charge is 0.457 e. The molecule has 9 heteroatoms. The predicted octanol–water partition coefficient (Wildman–Crippen LogP) is 2.90. The monoisotopic (exact) mass is 359 g/mol. The van der Waals surface area contributed by atoms with Gasteiger partial charge in [-0.2, -0.15) is 5.26 Å². The molecule has 0 aliphatic rings. The average molecular weight is 359 g/mol. The second kappa shape index (κ2) is 6.15. The number of anilines is 1. The quantitative estimate of drug-likeness (QED) is 0.610. The first-order chi connectivity index (χ1) is 11.8. The molecule has 0 bridgehead atoms. The number of nitrogens with zero attached hydrogens (tertiary/aromatic N) is 2. The lowest BCUT2D eigenvalue weighted by Crippen LogP contribution is -1.96. The molecule has 0 unspecified atom stereocenters. The number of aryl methyl sites for hydroxylation is 1. The van der Waals surface area contributed by atoms with Gasteiger partial charge in [0.15, 0.2) is 0 Å². The summed E-state index contributed by atoms with van der Waals surface area (Å²) in [5.41, 5.74) is 7.11. The number of aromatic nitrogens is 1. The van der Waals surface area contributed by atoms with Crippen LogP contribution in [0.3, 0.4) is 0 Å². The number of phosphoric acid groups is 1. The number of benzene rings is 2. The molecule has 0 saturated carbocycles. The molecule has 128 valence electrons. The first-order valence-electron chi connectivity index (χ1n) is 7.09. The molecule has 1 aromatic heterocycles. The standard InChI is InChI=1S/C16H14N3O5P/c1-19-15-7-6-12(8-13(15)14(9-17)16(19)18)23-10-2-4-11(5-3-10)24-25(20,21)22/h2-8H,18H2,1H3,(H2,20,21,22). The molecule has 0 atom stereocenters. The molecule has 0 radical (unpaired) electrons. The molecule has 3 rings (SSSR count). The third kappa shape index (κ3) is 3.44. The fourth-order valence-electron chi connectivity index (χ4n) is 2.47. The minimum Gasteiger partial charge on any atom is -0.457 e. The second-order valence-electron chi connectivity index (χ2n) is 5.27. The number of nitrogens with two attached hydrogens (primary N) is 1. The number of ether oxygens (including phenoxy) is 1.